The van der Waals surface area contributed by atoms with Crippen molar-refractivity contribution in [2.75, 3.05) is 18.5 Å². The second-order valence-electron chi connectivity index (χ2n) is 6.48. The van der Waals surface area contributed by atoms with Crippen LogP contribution in [0.25, 0.3) is 0 Å². The quantitative estimate of drug-likeness (QED) is 0.595. The first kappa shape index (κ1) is 21.7. The van der Waals surface area contributed by atoms with Crippen LogP contribution in [0.1, 0.15) is 15.9 Å². The molecule has 0 aliphatic rings. The standard InChI is InChI=1S/C22H21ClN2O4S/c1-25(30(27,28)19-9-4-3-5-10-19)17-11-12-20(21(23)14-17)22(26)24-15-16-7-6-8-18(13-16)29-2/h3-14H,15H2,1-2H3,(H,24,26). The number of methoxy groups -OCH3 is 1. The fourth-order valence-electron chi connectivity index (χ4n) is 2.83. The second-order valence-corrected chi connectivity index (χ2v) is 8.86. The smallest absolute Gasteiger partial charge is 0.264 e. The van der Waals surface area contributed by atoms with E-state index in [1.807, 2.05) is 24.3 Å². The summed E-state index contributed by atoms with van der Waals surface area (Å²) in [6, 6.07) is 20.0. The van der Waals surface area contributed by atoms with Gasteiger partial charge >= 0.3 is 0 Å². The zero-order valence-corrected chi connectivity index (χ0v) is 18.1. The lowest BCUT2D eigenvalue weighted by Gasteiger charge is -2.20. The van der Waals surface area contributed by atoms with Gasteiger partial charge in [-0.2, -0.15) is 0 Å². The number of hydrogen-bond acceptors (Lipinski definition) is 4. The molecule has 0 fully saturated rings. The zero-order chi connectivity index (χ0) is 21.7. The molecule has 1 amide bonds. The number of hydrogen-bond donors (Lipinski definition) is 1. The largest absolute Gasteiger partial charge is 0.497 e. The van der Waals surface area contributed by atoms with Gasteiger partial charge in [0.1, 0.15) is 5.75 Å². The number of amides is 1. The summed E-state index contributed by atoms with van der Waals surface area (Å²) in [5.74, 6) is 0.342. The molecule has 0 spiro atoms. The molecule has 0 unspecified atom stereocenters. The lowest BCUT2D eigenvalue weighted by atomic mass is 10.1. The van der Waals surface area contributed by atoms with Gasteiger partial charge in [-0.25, -0.2) is 8.42 Å². The van der Waals surface area contributed by atoms with Crippen LogP contribution < -0.4 is 14.4 Å². The van der Waals surface area contributed by atoms with Crippen molar-refractivity contribution in [3.63, 3.8) is 0 Å². The van der Waals surface area contributed by atoms with Gasteiger partial charge in [0.25, 0.3) is 15.9 Å². The minimum Gasteiger partial charge on any atom is -0.497 e. The Morgan fingerprint density at radius 1 is 1.03 bits per heavy atom. The lowest BCUT2D eigenvalue weighted by molar-refractivity contribution is 0.0951. The maximum Gasteiger partial charge on any atom is 0.264 e. The van der Waals surface area contributed by atoms with Crippen LogP contribution in [-0.2, 0) is 16.6 Å². The minimum atomic E-state index is -3.73. The van der Waals surface area contributed by atoms with Crippen LogP contribution in [0.3, 0.4) is 0 Å². The van der Waals surface area contributed by atoms with Crippen molar-refractivity contribution in [2.45, 2.75) is 11.4 Å². The van der Waals surface area contributed by atoms with Gasteiger partial charge in [-0.05, 0) is 48.0 Å². The van der Waals surface area contributed by atoms with E-state index in [1.165, 1.54) is 31.3 Å². The number of benzene rings is 3. The Bertz CT molecular complexity index is 1150. The number of rotatable bonds is 7. The van der Waals surface area contributed by atoms with Crippen molar-refractivity contribution < 1.29 is 17.9 Å². The van der Waals surface area contributed by atoms with E-state index in [0.717, 1.165) is 9.87 Å². The van der Waals surface area contributed by atoms with Gasteiger partial charge in [0.05, 0.1) is 28.3 Å². The molecule has 3 aromatic rings. The van der Waals surface area contributed by atoms with Crippen LogP contribution in [0.4, 0.5) is 5.69 Å². The predicted octanol–water partition coefficient (Wildman–Crippen LogP) is 4.10. The first-order valence-electron chi connectivity index (χ1n) is 9.07. The maximum atomic E-state index is 12.8. The second kappa shape index (κ2) is 9.19. The number of sulfonamides is 1. The summed E-state index contributed by atoms with van der Waals surface area (Å²) in [6.45, 7) is 0.302. The van der Waals surface area contributed by atoms with E-state index in [-0.39, 0.29) is 21.4 Å². The van der Waals surface area contributed by atoms with E-state index >= 15 is 0 Å². The molecule has 3 rings (SSSR count). The molecular formula is C22H21ClN2O4S. The molecule has 0 aliphatic heterocycles. The average Bonchev–Trinajstić information content (AvgIpc) is 2.77. The van der Waals surface area contributed by atoms with Crippen molar-refractivity contribution in [1.82, 2.24) is 5.32 Å². The fraction of sp³-hybridized carbons (Fsp3) is 0.136. The fourth-order valence-corrected chi connectivity index (χ4v) is 4.30. The third kappa shape index (κ3) is 4.75. The van der Waals surface area contributed by atoms with Gasteiger partial charge in [0.15, 0.2) is 0 Å². The van der Waals surface area contributed by atoms with Crippen molar-refractivity contribution in [1.29, 1.82) is 0 Å². The monoisotopic (exact) mass is 444 g/mol. The van der Waals surface area contributed by atoms with Crippen LogP contribution in [0.15, 0.2) is 77.7 Å². The van der Waals surface area contributed by atoms with Gasteiger partial charge in [0, 0.05) is 13.6 Å². The van der Waals surface area contributed by atoms with Crippen molar-refractivity contribution >= 4 is 33.2 Å². The summed E-state index contributed by atoms with van der Waals surface area (Å²) < 4.78 is 31.8. The highest BCUT2D eigenvalue weighted by atomic mass is 35.5. The highest BCUT2D eigenvalue weighted by molar-refractivity contribution is 7.92. The van der Waals surface area contributed by atoms with Crippen molar-refractivity contribution in [3.8, 4) is 5.75 Å². The summed E-state index contributed by atoms with van der Waals surface area (Å²) in [5.41, 5.74) is 1.49. The number of ether oxygens (including phenoxy) is 1. The van der Waals surface area contributed by atoms with Crippen LogP contribution in [0, 0.1) is 0 Å². The van der Waals surface area contributed by atoms with Gasteiger partial charge in [-0.1, -0.05) is 41.9 Å². The van der Waals surface area contributed by atoms with E-state index in [4.69, 9.17) is 16.3 Å². The molecule has 0 bridgehead atoms. The molecule has 6 nitrogen and oxygen atoms in total. The van der Waals surface area contributed by atoms with E-state index < -0.39 is 10.0 Å². The van der Waals surface area contributed by atoms with Crippen molar-refractivity contribution in [3.05, 3.63) is 88.9 Å². The first-order chi connectivity index (χ1) is 14.3. The molecule has 3 aromatic carbocycles. The Balaban J connectivity index is 1.75. The summed E-state index contributed by atoms with van der Waals surface area (Å²) >= 11 is 6.29. The number of carbonyl (C=O) groups is 1. The number of anilines is 1. The number of carbonyl (C=O) groups excluding carboxylic acids is 1. The molecule has 1 N–H and O–H groups in total. The molecule has 0 aromatic heterocycles. The summed E-state index contributed by atoms with van der Waals surface area (Å²) in [6.07, 6.45) is 0. The zero-order valence-electron chi connectivity index (χ0n) is 16.5. The van der Waals surface area contributed by atoms with Crippen LogP contribution in [0.2, 0.25) is 5.02 Å². The van der Waals surface area contributed by atoms with E-state index in [9.17, 15) is 13.2 Å². The average molecular weight is 445 g/mol. The van der Waals surface area contributed by atoms with Crippen LogP contribution >= 0.6 is 11.6 Å². The van der Waals surface area contributed by atoms with Crippen LogP contribution in [-0.4, -0.2) is 28.5 Å². The van der Waals surface area contributed by atoms with Crippen molar-refractivity contribution in [2.24, 2.45) is 0 Å². The topological polar surface area (TPSA) is 75.7 Å². The lowest BCUT2D eigenvalue weighted by Crippen LogP contribution is -2.27. The molecule has 0 atom stereocenters. The summed E-state index contributed by atoms with van der Waals surface area (Å²) in [7, 11) is -0.714. The molecule has 30 heavy (non-hydrogen) atoms. The third-order valence-electron chi connectivity index (χ3n) is 4.55. The van der Waals surface area contributed by atoms with Gasteiger partial charge in [-0.3, -0.25) is 9.10 Å². The van der Waals surface area contributed by atoms with E-state index in [2.05, 4.69) is 5.32 Å². The van der Waals surface area contributed by atoms with E-state index in [1.54, 1.807) is 31.4 Å². The molecule has 0 aliphatic carbocycles. The molecular weight excluding hydrogens is 424 g/mol. The molecule has 0 saturated carbocycles. The normalized spacial score (nSPS) is 11.0. The highest BCUT2D eigenvalue weighted by Crippen LogP contribution is 2.27. The molecule has 0 radical (unpaired) electrons. The van der Waals surface area contributed by atoms with E-state index in [0.29, 0.717) is 18.0 Å². The van der Waals surface area contributed by atoms with Crippen LogP contribution in [0.5, 0.6) is 5.75 Å². The van der Waals surface area contributed by atoms with Gasteiger partial charge in [0.2, 0.25) is 0 Å². The molecule has 0 saturated heterocycles. The first-order valence-corrected chi connectivity index (χ1v) is 10.9. The van der Waals surface area contributed by atoms with Gasteiger partial charge in [-0.15, -0.1) is 0 Å². The number of nitrogens with zero attached hydrogens (tertiary/aromatic N) is 1. The molecule has 156 valence electrons. The van der Waals surface area contributed by atoms with Gasteiger partial charge < -0.3 is 10.1 Å². The summed E-state index contributed by atoms with van der Waals surface area (Å²) in [4.78, 5) is 12.7. The molecule has 8 heteroatoms. The SMILES string of the molecule is COc1cccc(CNC(=O)c2ccc(N(C)S(=O)(=O)c3ccccc3)cc2Cl)c1. The third-order valence-corrected chi connectivity index (χ3v) is 6.66. The maximum absolute atomic E-state index is 12.8. The predicted molar refractivity (Wildman–Crippen MR) is 118 cm³/mol. The Morgan fingerprint density at radius 3 is 2.43 bits per heavy atom. The molecule has 0 heterocycles. The summed E-state index contributed by atoms with van der Waals surface area (Å²) in [5, 5.41) is 2.96. The Morgan fingerprint density at radius 2 is 1.77 bits per heavy atom. The Kier molecular flexibility index (Phi) is 6.64. The minimum absolute atomic E-state index is 0.158. The Hall–Kier alpha value is -3.03. The Labute approximate surface area is 181 Å². The number of halogens is 1. The highest BCUT2D eigenvalue weighted by Gasteiger charge is 2.22. The number of nitrogens with one attached hydrogen (secondary N) is 1.